The van der Waals surface area contributed by atoms with E-state index in [1.165, 1.54) is 17.3 Å². The van der Waals surface area contributed by atoms with E-state index in [0.717, 1.165) is 56.4 Å². The molecular weight excluding hydrogens is 565 g/mol. The highest BCUT2D eigenvalue weighted by Crippen LogP contribution is 2.41. The van der Waals surface area contributed by atoms with Crippen molar-refractivity contribution in [2.75, 3.05) is 39.0 Å². The molecule has 10 nitrogen and oxygen atoms in total. The van der Waals surface area contributed by atoms with Crippen LogP contribution in [0.25, 0.3) is 5.57 Å². The van der Waals surface area contributed by atoms with E-state index < -0.39 is 12.1 Å². The second-order valence-corrected chi connectivity index (χ2v) is 11.8. The second-order valence-electron chi connectivity index (χ2n) is 11.8. The molecule has 0 saturated carbocycles. The summed E-state index contributed by atoms with van der Waals surface area (Å²) in [5, 5.41) is 19.2. The fourth-order valence-electron chi connectivity index (χ4n) is 5.02. The van der Waals surface area contributed by atoms with Gasteiger partial charge in [0.05, 0.1) is 12.7 Å². The monoisotopic (exact) mass is 602 g/mol. The number of anilines is 1. The number of hydrogen-bond acceptors (Lipinski definition) is 6. The van der Waals surface area contributed by atoms with Gasteiger partial charge in [-0.25, -0.2) is 9.78 Å². The van der Waals surface area contributed by atoms with Crippen LogP contribution in [0, 0.1) is 16.7 Å². The number of carbonyl (C=O) groups is 3. The number of piperidine rings is 1. The lowest BCUT2D eigenvalue weighted by Gasteiger charge is -2.33. The number of nitrogens with one attached hydrogen (secondary N) is 2. The molecule has 43 heavy (non-hydrogen) atoms. The first-order valence-corrected chi connectivity index (χ1v) is 13.9. The number of rotatable bonds is 6. The Kier molecular flexibility index (Phi) is 10.7. The lowest BCUT2D eigenvalue weighted by molar-refractivity contribution is -0.192. The molecule has 2 aromatic rings. The molecule has 0 radical (unpaired) electrons. The van der Waals surface area contributed by atoms with Crippen molar-refractivity contribution in [1.82, 2.24) is 19.8 Å². The summed E-state index contributed by atoms with van der Waals surface area (Å²) in [5.74, 6) is -2.44. The normalized spacial score (nSPS) is 16.9. The molecule has 3 N–H and O–H groups in total. The first kappa shape index (κ1) is 33.3. The third-order valence-corrected chi connectivity index (χ3v) is 7.53. The largest absolute Gasteiger partial charge is 0.490 e. The summed E-state index contributed by atoms with van der Waals surface area (Å²) in [6.07, 6.45) is 3.49. The predicted octanol–water partition coefficient (Wildman–Crippen LogP) is 5.03. The number of H-pyrrole nitrogens is 1. The van der Waals surface area contributed by atoms with E-state index in [-0.39, 0.29) is 28.7 Å². The van der Waals surface area contributed by atoms with E-state index in [1.807, 2.05) is 36.0 Å². The zero-order valence-corrected chi connectivity index (χ0v) is 24.7. The highest BCUT2D eigenvalue weighted by atomic mass is 19.4. The van der Waals surface area contributed by atoms with Gasteiger partial charge in [0, 0.05) is 24.3 Å². The minimum absolute atomic E-state index is 0.120. The number of halogens is 3. The summed E-state index contributed by atoms with van der Waals surface area (Å²) in [4.78, 5) is 44.9. The molecule has 2 aliphatic rings. The Balaban J connectivity index is 0.000000646. The molecule has 4 rings (SSSR count). The van der Waals surface area contributed by atoms with Crippen LogP contribution in [-0.4, -0.2) is 82.6 Å². The maximum Gasteiger partial charge on any atom is 0.490 e. The van der Waals surface area contributed by atoms with Crippen LogP contribution in [0.4, 0.5) is 18.9 Å². The van der Waals surface area contributed by atoms with Gasteiger partial charge in [0.15, 0.2) is 5.82 Å². The van der Waals surface area contributed by atoms with Gasteiger partial charge in [-0.05, 0) is 80.8 Å². The number of carboxylic acid groups (broad SMARTS) is 1. The Labute approximate surface area is 248 Å². The van der Waals surface area contributed by atoms with Gasteiger partial charge >= 0.3 is 12.1 Å². The summed E-state index contributed by atoms with van der Waals surface area (Å²) in [6, 6.07) is 8.27. The number of likely N-dealkylation sites (tertiary alicyclic amines) is 1. The fraction of sp³-hybridized carbons (Fsp3) is 0.500. The number of aromatic amines is 1. The van der Waals surface area contributed by atoms with Crippen LogP contribution in [0.2, 0.25) is 0 Å². The minimum Gasteiger partial charge on any atom is -0.475 e. The third-order valence-electron chi connectivity index (χ3n) is 7.53. The van der Waals surface area contributed by atoms with Crippen molar-refractivity contribution in [3.05, 3.63) is 53.1 Å². The predicted molar refractivity (Wildman–Crippen MR) is 154 cm³/mol. The summed E-state index contributed by atoms with van der Waals surface area (Å²) in [7, 11) is 3.84. The first-order chi connectivity index (χ1) is 20.1. The van der Waals surface area contributed by atoms with E-state index in [9.17, 15) is 22.8 Å². The van der Waals surface area contributed by atoms with Gasteiger partial charge in [0.25, 0.3) is 5.91 Å². The fourth-order valence-corrected chi connectivity index (χ4v) is 5.02. The molecule has 1 fully saturated rings. The molecule has 2 amide bonds. The first-order valence-electron chi connectivity index (χ1n) is 13.9. The van der Waals surface area contributed by atoms with Crippen molar-refractivity contribution >= 4 is 29.0 Å². The van der Waals surface area contributed by atoms with Crippen molar-refractivity contribution in [1.29, 1.82) is 5.26 Å². The quantitative estimate of drug-likeness (QED) is 0.421. The zero-order valence-electron chi connectivity index (χ0n) is 24.7. The number of allylic oxidation sites excluding steroid dienone is 2. The van der Waals surface area contributed by atoms with Crippen molar-refractivity contribution in [3.63, 3.8) is 0 Å². The van der Waals surface area contributed by atoms with Crippen LogP contribution in [0.5, 0.6) is 0 Å². The van der Waals surface area contributed by atoms with Gasteiger partial charge in [-0.1, -0.05) is 26.0 Å². The number of aromatic nitrogens is 2. The van der Waals surface area contributed by atoms with E-state index in [2.05, 4.69) is 47.3 Å². The van der Waals surface area contributed by atoms with Crippen LogP contribution in [-0.2, 0) is 9.59 Å². The summed E-state index contributed by atoms with van der Waals surface area (Å²) < 4.78 is 31.7. The molecule has 1 aromatic heterocycles. The van der Waals surface area contributed by atoms with Crippen molar-refractivity contribution < 1.29 is 32.7 Å². The molecule has 2 heterocycles. The number of amides is 2. The van der Waals surface area contributed by atoms with Crippen LogP contribution in [0.3, 0.4) is 0 Å². The highest BCUT2D eigenvalue weighted by Gasteiger charge is 2.38. The van der Waals surface area contributed by atoms with E-state index in [0.29, 0.717) is 12.5 Å². The van der Waals surface area contributed by atoms with Gasteiger partial charge in [0.2, 0.25) is 5.91 Å². The molecule has 232 valence electrons. The molecule has 0 bridgehead atoms. The zero-order chi connectivity index (χ0) is 31.9. The minimum atomic E-state index is -5.08. The molecule has 0 spiro atoms. The SMILES string of the molecule is CN(C)CC(=O)N1CCC(c2ccc(NC(=O)c3ncc(C#N)[nH]3)c(C3=CCC(C)(C)CC3)c2)CC1.O=C(O)C(F)(F)F. The summed E-state index contributed by atoms with van der Waals surface area (Å²) in [5.41, 5.74) is 4.83. The molecular formula is C30H37F3N6O4. The Morgan fingerprint density at radius 1 is 1.23 bits per heavy atom. The number of aliphatic carboxylic acids is 1. The Bertz CT molecular complexity index is 1400. The molecule has 1 aliphatic heterocycles. The number of hydrogen-bond donors (Lipinski definition) is 3. The van der Waals surface area contributed by atoms with Crippen molar-refractivity contribution in [2.24, 2.45) is 5.41 Å². The van der Waals surface area contributed by atoms with Crippen LogP contribution in [0.1, 0.15) is 79.3 Å². The summed E-state index contributed by atoms with van der Waals surface area (Å²) >= 11 is 0. The molecule has 1 aromatic carbocycles. The van der Waals surface area contributed by atoms with Gasteiger partial charge in [-0.3, -0.25) is 9.59 Å². The van der Waals surface area contributed by atoms with Gasteiger partial charge in [-0.2, -0.15) is 18.4 Å². The molecule has 0 atom stereocenters. The highest BCUT2D eigenvalue weighted by molar-refractivity contribution is 6.03. The third kappa shape index (κ3) is 9.41. The van der Waals surface area contributed by atoms with E-state index in [4.69, 9.17) is 15.2 Å². The smallest absolute Gasteiger partial charge is 0.475 e. The number of nitriles is 1. The van der Waals surface area contributed by atoms with Crippen molar-refractivity contribution in [3.8, 4) is 6.07 Å². The molecule has 0 unspecified atom stereocenters. The average Bonchev–Trinajstić information content (AvgIpc) is 3.43. The van der Waals surface area contributed by atoms with Gasteiger partial charge in [0.1, 0.15) is 11.8 Å². The Morgan fingerprint density at radius 2 is 1.88 bits per heavy atom. The topological polar surface area (TPSA) is 142 Å². The van der Waals surface area contributed by atoms with Crippen LogP contribution < -0.4 is 5.32 Å². The number of benzene rings is 1. The number of likely N-dealkylation sites (N-methyl/N-ethyl adjacent to an activating group) is 1. The number of alkyl halides is 3. The second kappa shape index (κ2) is 13.9. The Hall–Kier alpha value is -4.18. The molecule has 1 saturated heterocycles. The number of nitrogens with zero attached hydrogens (tertiary/aromatic N) is 4. The number of carboxylic acids is 1. The van der Waals surface area contributed by atoms with Gasteiger partial charge in [-0.15, -0.1) is 0 Å². The van der Waals surface area contributed by atoms with Gasteiger partial charge < -0.3 is 25.2 Å². The lowest BCUT2D eigenvalue weighted by Crippen LogP contribution is -2.42. The van der Waals surface area contributed by atoms with E-state index in [1.54, 1.807) is 0 Å². The van der Waals surface area contributed by atoms with E-state index >= 15 is 0 Å². The average molecular weight is 603 g/mol. The lowest BCUT2D eigenvalue weighted by atomic mass is 9.76. The van der Waals surface area contributed by atoms with Crippen molar-refractivity contribution in [2.45, 2.75) is 58.0 Å². The van der Waals surface area contributed by atoms with Crippen LogP contribution in [0.15, 0.2) is 30.5 Å². The molecule has 1 aliphatic carbocycles. The number of carbonyl (C=O) groups excluding carboxylic acids is 2. The molecule has 13 heteroatoms. The summed E-state index contributed by atoms with van der Waals surface area (Å²) in [6.45, 7) is 6.55. The maximum absolute atomic E-state index is 12.9. The van der Waals surface area contributed by atoms with Crippen LogP contribution >= 0.6 is 0 Å². The maximum atomic E-state index is 12.9. The standard InChI is InChI=1S/C28H36N6O2.C2HF3O2/c1-28(2)11-7-20(8-12-28)23-15-21(19-9-13-34(14-10-19)25(35)18-33(3)4)5-6-24(23)32-27(36)26-30-17-22(16-29)31-26;3-2(4,5)1(6)7/h5-7,15,17,19H,8-14,18H2,1-4H3,(H,30,31)(H,32,36);(H,6,7). The number of imidazole rings is 1. The Morgan fingerprint density at radius 3 is 2.40 bits per heavy atom.